The summed E-state index contributed by atoms with van der Waals surface area (Å²) in [5, 5.41) is 10.9. The van der Waals surface area contributed by atoms with Gasteiger partial charge in [-0.2, -0.15) is 0 Å². The SMILES string of the molecule is C/N=C/c1[nH]nnc1-c1ccc(-c2ccc(-c3ccccc3)cc2)cc1. The molecule has 1 aromatic heterocycles. The monoisotopic (exact) mass is 338 g/mol. The Morgan fingerprint density at radius 1 is 0.692 bits per heavy atom. The number of hydrogen-bond acceptors (Lipinski definition) is 3. The first-order valence-corrected chi connectivity index (χ1v) is 8.44. The minimum atomic E-state index is 0.807. The van der Waals surface area contributed by atoms with Gasteiger partial charge in [-0.25, -0.2) is 0 Å². The lowest BCUT2D eigenvalue weighted by molar-refractivity contribution is 0.940. The molecule has 1 N–H and O–H groups in total. The van der Waals surface area contributed by atoms with Crippen LogP contribution in [0.15, 0.2) is 83.9 Å². The standard InChI is InChI=1S/C22H18N4/c1-23-15-21-22(25-26-24-21)20-13-11-19(12-14-20)18-9-7-17(8-10-18)16-5-3-2-4-6-16/h2-15H,1H3,(H,24,25,26)/b23-15+. The van der Waals surface area contributed by atoms with Gasteiger partial charge in [0.15, 0.2) is 0 Å². The third-order valence-corrected chi connectivity index (χ3v) is 4.32. The lowest BCUT2D eigenvalue weighted by Crippen LogP contribution is -1.87. The Kier molecular flexibility index (Phi) is 4.39. The van der Waals surface area contributed by atoms with Gasteiger partial charge in [0, 0.05) is 18.8 Å². The quantitative estimate of drug-likeness (QED) is 0.541. The molecule has 1 heterocycles. The van der Waals surface area contributed by atoms with Crippen molar-refractivity contribution in [2.75, 3.05) is 7.05 Å². The van der Waals surface area contributed by atoms with Crippen LogP contribution in [0, 0.1) is 0 Å². The first-order chi connectivity index (χ1) is 12.8. The third kappa shape index (κ3) is 3.17. The minimum Gasteiger partial charge on any atom is -0.294 e. The number of benzene rings is 3. The molecule has 126 valence electrons. The molecule has 0 atom stereocenters. The smallest absolute Gasteiger partial charge is 0.121 e. The Bertz CT molecular complexity index is 1010. The summed E-state index contributed by atoms with van der Waals surface area (Å²) in [5.74, 6) is 0. The highest BCUT2D eigenvalue weighted by Crippen LogP contribution is 2.27. The van der Waals surface area contributed by atoms with Crippen LogP contribution in [0.25, 0.3) is 33.5 Å². The molecular formula is C22H18N4. The minimum absolute atomic E-state index is 0.807. The van der Waals surface area contributed by atoms with Crippen LogP contribution in [-0.2, 0) is 0 Å². The molecule has 4 nitrogen and oxygen atoms in total. The van der Waals surface area contributed by atoms with Crippen LogP contribution in [-0.4, -0.2) is 28.7 Å². The van der Waals surface area contributed by atoms with Crippen molar-refractivity contribution in [3.63, 3.8) is 0 Å². The average molecular weight is 338 g/mol. The largest absolute Gasteiger partial charge is 0.294 e. The summed E-state index contributed by atoms with van der Waals surface area (Å²) in [6.45, 7) is 0. The fraction of sp³-hybridized carbons (Fsp3) is 0.0455. The van der Waals surface area contributed by atoms with Gasteiger partial charge >= 0.3 is 0 Å². The van der Waals surface area contributed by atoms with E-state index in [4.69, 9.17) is 0 Å². The number of aromatic amines is 1. The van der Waals surface area contributed by atoms with Crippen molar-refractivity contribution in [3.05, 3.63) is 84.6 Å². The Hall–Kier alpha value is -3.53. The second-order valence-corrected chi connectivity index (χ2v) is 5.98. The molecule has 0 radical (unpaired) electrons. The van der Waals surface area contributed by atoms with Gasteiger partial charge in [-0.1, -0.05) is 84.1 Å². The van der Waals surface area contributed by atoms with E-state index in [1.807, 2.05) is 6.07 Å². The molecule has 0 aliphatic carbocycles. The summed E-state index contributed by atoms with van der Waals surface area (Å²) >= 11 is 0. The predicted molar refractivity (Wildman–Crippen MR) is 106 cm³/mol. The molecule has 0 fully saturated rings. The predicted octanol–water partition coefficient (Wildman–Crippen LogP) is 4.85. The zero-order valence-corrected chi connectivity index (χ0v) is 14.4. The summed E-state index contributed by atoms with van der Waals surface area (Å²) in [5.41, 5.74) is 7.43. The van der Waals surface area contributed by atoms with Crippen molar-refractivity contribution in [1.82, 2.24) is 15.4 Å². The molecule has 26 heavy (non-hydrogen) atoms. The summed E-state index contributed by atoms with van der Waals surface area (Å²) in [6.07, 6.45) is 1.73. The molecule has 0 aliphatic heterocycles. The molecule has 0 saturated carbocycles. The maximum absolute atomic E-state index is 4.16. The lowest BCUT2D eigenvalue weighted by atomic mass is 9.99. The Labute approximate surface area is 152 Å². The van der Waals surface area contributed by atoms with Gasteiger partial charge in [-0.15, -0.1) is 5.10 Å². The van der Waals surface area contributed by atoms with E-state index in [0.29, 0.717) is 0 Å². The van der Waals surface area contributed by atoms with Crippen molar-refractivity contribution in [2.45, 2.75) is 0 Å². The van der Waals surface area contributed by atoms with E-state index in [1.54, 1.807) is 13.3 Å². The van der Waals surface area contributed by atoms with Crippen molar-refractivity contribution in [1.29, 1.82) is 0 Å². The second-order valence-electron chi connectivity index (χ2n) is 5.98. The van der Waals surface area contributed by atoms with Crippen LogP contribution < -0.4 is 0 Å². The first kappa shape index (κ1) is 16.0. The van der Waals surface area contributed by atoms with E-state index in [2.05, 4.69) is 93.2 Å². The molecule has 0 unspecified atom stereocenters. The number of hydrogen-bond donors (Lipinski definition) is 1. The van der Waals surface area contributed by atoms with Crippen molar-refractivity contribution < 1.29 is 0 Å². The Morgan fingerprint density at radius 2 is 1.19 bits per heavy atom. The van der Waals surface area contributed by atoms with Crippen LogP contribution >= 0.6 is 0 Å². The molecule has 4 heteroatoms. The van der Waals surface area contributed by atoms with Crippen LogP contribution in [0.1, 0.15) is 5.69 Å². The molecule has 0 aliphatic rings. The van der Waals surface area contributed by atoms with Gasteiger partial charge in [0.25, 0.3) is 0 Å². The fourth-order valence-corrected chi connectivity index (χ4v) is 2.97. The number of rotatable bonds is 4. The lowest BCUT2D eigenvalue weighted by Gasteiger charge is -2.06. The number of H-pyrrole nitrogens is 1. The highest BCUT2D eigenvalue weighted by Gasteiger charge is 2.08. The van der Waals surface area contributed by atoms with Gasteiger partial charge in [0.05, 0.1) is 0 Å². The van der Waals surface area contributed by atoms with Gasteiger partial charge in [0.1, 0.15) is 11.4 Å². The van der Waals surface area contributed by atoms with Crippen LogP contribution in [0.4, 0.5) is 0 Å². The Morgan fingerprint density at radius 3 is 1.73 bits per heavy atom. The summed E-state index contributed by atoms with van der Waals surface area (Å²) in [4.78, 5) is 4.03. The van der Waals surface area contributed by atoms with E-state index >= 15 is 0 Å². The normalized spacial score (nSPS) is 11.1. The zero-order chi connectivity index (χ0) is 17.8. The van der Waals surface area contributed by atoms with E-state index < -0.39 is 0 Å². The molecular weight excluding hydrogens is 320 g/mol. The fourth-order valence-electron chi connectivity index (χ4n) is 2.97. The Balaban J connectivity index is 1.60. The highest BCUT2D eigenvalue weighted by molar-refractivity contribution is 5.86. The van der Waals surface area contributed by atoms with Gasteiger partial charge < -0.3 is 0 Å². The zero-order valence-electron chi connectivity index (χ0n) is 14.4. The van der Waals surface area contributed by atoms with Gasteiger partial charge in [0.2, 0.25) is 0 Å². The maximum atomic E-state index is 4.16. The van der Waals surface area contributed by atoms with E-state index in [9.17, 15) is 0 Å². The highest BCUT2D eigenvalue weighted by atomic mass is 15.3. The number of nitrogens with zero attached hydrogens (tertiary/aromatic N) is 3. The van der Waals surface area contributed by atoms with Crippen LogP contribution in [0.3, 0.4) is 0 Å². The van der Waals surface area contributed by atoms with E-state index in [-0.39, 0.29) is 0 Å². The third-order valence-electron chi connectivity index (χ3n) is 4.32. The van der Waals surface area contributed by atoms with Crippen LogP contribution in [0.5, 0.6) is 0 Å². The number of aliphatic imine (C=N–C) groups is 1. The van der Waals surface area contributed by atoms with Crippen molar-refractivity contribution in [3.8, 4) is 33.5 Å². The molecule has 4 rings (SSSR count). The van der Waals surface area contributed by atoms with Gasteiger partial charge in [-0.3, -0.25) is 10.1 Å². The van der Waals surface area contributed by atoms with Crippen molar-refractivity contribution >= 4 is 6.21 Å². The average Bonchev–Trinajstić information content (AvgIpc) is 3.18. The molecule has 0 saturated heterocycles. The van der Waals surface area contributed by atoms with Gasteiger partial charge in [-0.05, 0) is 22.3 Å². The molecule has 0 amide bonds. The van der Waals surface area contributed by atoms with Crippen molar-refractivity contribution in [2.24, 2.45) is 4.99 Å². The summed E-state index contributed by atoms with van der Waals surface area (Å²) < 4.78 is 0. The maximum Gasteiger partial charge on any atom is 0.121 e. The first-order valence-electron chi connectivity index (χ1n) is 8.44. The summed E-state index contributed by atoms with van der Waals surface area (Å²) in [6, 6.07) is 27.4. The van der Waals surface area contributed by atoms with Crippen LogP contribution in [0.2, 0.25) is 0 Å². The van der Waals surface area contributed by atoms with E-state index in [1.165, 1.54) is 22.3 Å². The molecule has 0 spiro atoms. The second kappa shape index (κ2) is 7.15. The molecule has 0 bridgehead atoms. The molecule has 3 aromatic carbocycles. The summed E-state index contributed by atoms with van der Waals surface area (Å²) in [7, 11) is 1.73. The topological polar surface area (TPSA) is 53.9 Å². The number of nitrogens with one attached hydrogen (secondary N) is 1. The number of aromatic nitrogens is 3. The van der Waals surface area contributed by atoms with E-state index in [0.717, 1.165) is 17.0 Å². The molecule has 4 aromatic rings.